The highest BCUT2D eigenvalue weighted by molar-refractivity contribution is 5.50. The summed E-state index contributed by atoms with van der Waals surface area (Å²) in [5.74, 6) is 0. The van der Waals surface area contributed by atoms with Crippen molar-refractivity contribution in [2.75, 3.05) is 0 Å². The van der Waals surface area contributed by atoms with Crippen molar-refractivity contribution in [3.05, 3.63) is 76.9 Å². The second kappa shape index (κ2) is 6.32. The van der Waals surface area contributed by atoms with Gasteiger partial charge in [-0.15, -0.1) is 0 Å². The molecule has 0 aliphatic rings. The van der Waals surface area contributed by atoms with E-state index >= 15 is 0 Å². The molecule has 0 amide bonds. The van der Waals surface area contributed by atoms with Crippen LogP contribution in [0.2, 0.25) is 0 Å². The zero-order valence-electron chi connectivity index (χ0n) is 11.2. The fourth-order valence-electron chi connectivity index (χ4n) is 1.84. The van der Waals surface area contributed by atoms with Crippen LogP contribution in [0, 0.1) is 13.8 Å². The third-order valence-corrected chi connectivity index (χ3v) is 3.06. The van der Waals surface area contributed by atoms with Crippen LogP contribution in [0.4, 0.5) is 0 Å². The van der Waals surface area contributed by atoms with Crippen LogP contribution in [-0.4, -0.2) is 5.26 Å². The third kappa shape index (κ3) is 3.78. The second-order valence-electron chi connectivity index (χ2n) is 4.71. The third-order valence-electron chi connectivity index (χ3n) is 3.06. The van der Waals surface area contributed by atoms with Crippen LogP contribution in [0.3, 0.4) is 0 Å². The van der Waals surface area contributed by atoms with Gasteiger partial charge in [-0.2, -0.15) is 0 Å². The summed E-state index contributed by atoms with van der Waals surface area (Å²) in [5.41, 5.74) is 4.42. The highest BCUT2D eigenvalue weighted by Crippen LogP contribution is 2.20. The first-order chi connectivity index (χ1) is 9.19. The Morgan fingerprint density at radius 3 is 1.95 bits per heavy atom. The standard InChI is InChI=1S/C17H18O2/c1-13-3-7-15(8-4-13)9-12-17(19-18)16-10-5-14(2)6-11-16/h3-12,17-18H,1-2H3. The maximum absolute atomic E-state index is 9.02. The van der Waals surface area contributed by atoms with Gasteiger partial charge in [0.1, 0.15) is 6.10 Å². The lowest BCUT2D eigenvalue weighted by atomic mass is 10.1. The van der Waals surface area contributed by atoms with Gasteiger partial charge >= 0.3 is 0 Å². The zero-order valence-corrected chi connectivity index (χ0v) is 11.2. The van der Waals surface area contributed by atoms with Crippen LogP contribution < -0.4 is 0 Å². The van der Waals surface area contributed by atoms with Gasteiger partial charge in [-0.1, -0.05) is 65.7 Å². The van der Waals surface area contributed by atoms with Crippen molar-refractivity contribution in [2.24, 2.45) is 0 Å². The highest BCUT2D eigenvalue weighted by Gasteiger charge is 2.07. The van der Waals surface area contributed by atoms with E-state index in [0.29, 0.717) is 0 Å². The molecule has 0 aliphatic heterocycles. The van der Waals surface area contributed by atoms with Gasteiger partial charge in [-0.25, -0.2) is 4.89 Å². The maximum Gasteiger partial charge on any atom is 0.136 e. The Morgan fingerprint density at radius 2 is 1.42 bits per heavy atom. The minimum atomic E-state index is -0.443. The lowest BCUT2D eigenvalue weighted by molar-refractivity contribution is -0.268. The fourth-order valence-corrected chi connectivity index (χ4v) is 1.84. The molecule has 2 nitrogen and oxygen atoms in total. The van der Waals surface area contributed by atoms with Gasteiger partial charge in [-0.05, 0) is 31.1 Å². The minimum Gasteiger partial charge on any atom is -0.251 e. The van der Waals surface area contributed by atoms with Gasteiger partial charge in [0.2, 0.25) is 0 Å². The normalized spacial score (nSPS) is 12.8. The Bertz CT molecular complexity index is 538. The Labute approximate surface area is 113 Å². The van der Waals surface area contributed by atoms with Gasteiger partial charge in [0.25, 0.3) is 0 Å². The first-order valence-corrected chi connectivity index (χ1v) is 6.31. The molecule has 0 aromatic heterocycles. The predicted molar refractivity (Wildman–Crippen MR) is 77.8 cm³/mol. The van der Waals surface area contributed by atoms with Crippen LogP contribution in [0.15, 0.2) is 54.6 Å². The van der Waals surface area contributed by atoms with Crippen LogP contribution in [0.25, 0.3) is 6.08 Å². The monoisotopic (exact) mass is 254 g/mol. The molecule has 2 aromatic rings. The summed E-state index contributed by atoms with van der Waals surface area (Å²) in [7, 11) is 0. The largest absolute Gasteiger partial charge is 0.251 e. The summed E-state index contributed by atoms with van der Waals surface area (Å²) in [5, 5.41) is 9.02. The Balaban J connectivity index is 2.14. The second-order valence-corrected chi connectivity index (χ2v) is 4.71. The first-order valence-electron chi connectivity index (χ1n) is 6.31. The summed E-state index contributed by atoms with van der Waals surface area (Å²) in [6.45, 7) is 4.08. The van der Waals surface area contributed by atoms with Crippen molar-refractivity contribution in [1.82, 2.24) is 0 Å². The van der Waals surface area contributed by atoms with Gasteiger partial charge in [0.15, 0.2) is 0 Å². The van der Waals surface area contributed by atoms with E-state index in [4.69, 9.17) is 5.26 Å². The molecule has 2 rings (SSSR count). The van der Waals surface area contributed by atoms with Gasteiger partial charge in [0.05, 0.1) is 0 Å². The Kier molecular flexibility index (Phi) is 4.50. The summed E-state index contributed by atoms with van der Waals surface area (Å²) in [6, 6.07) is 16.1. The molecule has 2 aromatic carbocycles. The number of hydrogen-bond donors (Lipinski definition) is 1. The van der Waals surface area contributed by atoms with Gasteiger partial charge < -0.3 is 0 Å². The van der Waals surface area contributed by atoms with Crippen molar-refractivity contribution < 1.29 is 10.1 Å². The number of benzene rings is 2. The average Bonchev–Trinajstić information content (AvgIpc) is 2.43. The quantitative estimate of drug-likeness (QED) is 0.640. The predicted octanol–water partition coefficient (Wildman–Crippen LogP) is 4.55. The van der Waals surface area contributed by atoms with Crippen molar-refractivity contribution in [1.29, 1.82) is 0 Å². The van der Waals surface area contributed by atoms with E-state index in [2.05, 4.69) is 23.9 Å². The molecule has 98 valence electrons. The Hall–Kier alpha value is -1.90. The maximum atomic E-state index is 9.02. The topological polar surface area (TPSA) is 29.5 Å². The molecule has 0 heterocycles. The molecule has 0 bridgehead atoms. The van der Waals surface area contributed by atoms with Crippen molar-refractivity contribution in [3.8, 4) is 0 Å². The summed E-state index contributed by atoms with van der Waals surface area (Å²) < 4.78 is 0. The first kappa shape index (κ1) is 13.5. The van der Waals surface area contributed by atoms with Gasteiger partial charge in [0, 0.05) is 0 Å². The fraction of sp³-hybridized carbons (Fsp3) is 0.176. The van der Waals surface area contributed by atoms with E-state index in [1.54, 1.807) is 0 Å². The molecule has 0 saturated heterocycles. The molecule has 0 saturated carbocycles. The van der Waals surface area contributed by atoms with E-state index in [9.17, 15) is 0 Å². The SMILES string of the molecule is Cc1ccc(C=CC(OO)c2ccc(C)cc2)cc1. The average molecular weight is 254 g/mol. The summed E-state index contributed by atoms with van der Waals surface area (Å²) in [4.78, 5) is 4.53. The van der Waals surface area contributed by atoms with E-state index in [0.717, 1.165) is 11.1 Å². The van der Waals surface area contributed by atoms with Crippen LogP contribution in [0.1, 0.15) is 28.4 Å². The van der Waals surface area contributed by atoms with E-state index in [1.807, 2.05) is 55.5 Å². The highest BCUT2D eigenvalue weighted by atomic mass is 17.1. The lowest BCUT2D eigenvalue weighted by Crippen LogP contribution is -1.97. The molecule has 0 aliphatic carbocycles. The smallest absolute Gasteiger partial charge is 0.136 e. The number of hydrogen-bond acceptors (Lipinski definition) is 2. The molecule has 1 N–H and O–H groups in total. The summed E-state index contributed by atoms with van der Waals surface area (Å²) in [6.07, 6.45) is 3.34. The van der Waals surface area contributed by atoms with Crippen LogP contribution in [-0.2, 0) is 4.89 Å². The minimum absolute atomic E-state index is 0.443. The molecule has 0 radical (unpaired) electrons. The van der Waals surface area contributed by atoms with E-state index < -0.39 is 6.10 Å². The molecular formula is C17H18O2. The molecule has 1 atom stereocenters. The number of rotatable bonds is 4. The van der Waals surface area contributed by atoms with Crippen LogP contribution >= 0.6 is 0 Å². The van der Waals surface area contributed by atoms with E-state index in [-0.39, 0.29) is 0 Å². The molecule has 0 fully saturated rings. The van der Waals surface area contributed by atoms with Crippen molar-refractivity contribution in [2.45, 2.75) is 20.0 Å². The van der Waals surface area contributed by atoms with Crippen LogP contribution in [0.5, 0.6) is 0 Å². The van der Waals surface area contributed by atoms with Crippen molar-refractivity contribution >= 4 is 6.08 Å². The number of aryl methyl sites for hydroxylation is 2. The Morgan fingerprint density at radius 1 is 0.895 bits per heavy atom. The van der Waals surface area contributed by atoms with Gasteiger partial charge in [-0.3, -0.25) is 5.26 Å². The molecule has 0 spiro atoms. The lowest BCUT2D eigenvalue weighted by Gasteiger charge is -2.09. The molecular weight excluding hydrogens is 236 g/mol. The molecule has 1 unspecified atom stereocenters. The van der Waals surface area contributed by atoms with Crippen molar-refractivity contribution in [3.63, 3.8) is 0 Å². The molecule has 19 heavy (non-hydrogen) atoms. The zero-order chi connectivity index (χ0) is 13.7. The van der Waals surface area contributed by atoms with E-state index in [1.165, 1.54) is 11.1 Å². The molecule has 2 heteroatoms. The summed E-state index contributed by atoms with van der Waals surface area (Å²) >= 11 is 0.